The van der Waals surface area contributed by atoms with Crippen molar-refractivity contribution < 1.29 is 17.5 Å². The summed E-state index contributed by atoms with van der Waals surface area (Å²) in [6.07, 6.45) is 6.38. The van der Waals surface area contributed by atoms with Crippen molar-refractivity contribution in [1.82, 2.24) is 14.9 Å². The van der Waals surface area contributed by atoms with Gasteiger partial charge in [-0.15, -0.1) is 0 Å². The first kappa shape index (κ1) is 18.9. The number of rotatable bonds is 5. The Morgan fingerprint density at radius 1 is 1.29 bits per heavy atom. The third kappa shape index (κ3) is 3.38. The fraction of sp³-hybridized carbons (Fsp3) is 0.350. The van der Waals surface area contributed by atoms with Crippen LogP contribution in [-0.2, 0) is 16.4 Å². The lowest BCUT2D eigenvalue weighted by atomic mass is 10.1. The van der Waals surface area contributed by atoms with Crippen molar-refractivity contribution in [1.29, 1.82) is 0 Å². The van der Waals surface area contributed by atoms with E-state index < -0.39 is 15.7 Å². The lowest BCUT2D eigenvalue weighted by Gasteiger charge is -2.24. The Morgan fingerprint density at radius 2 is 2.11 bits per heavy atom. The largest absolute Gasteiger partial charge is 0.481 e. The monoisotopic (exact) mass is 403 g/mol. The molecule has 1 aliphatic heterocycles. The number of sulfone groups is 1. The number of nitrogens with one attached hydrogen (secondary N) is 1. The predicted molar refractivity (Wildman–Crippen MR) is 104 cm³/mol. The van der Waals surface area contributed by atoms with Crippen LogP contribution in [0.25, 0.3) is 10.9 Å². The standard InChI is InChI=1S/C20H22FN3O3S/c1-27-20-10-17-15(11-23-20)19(13-24(17)12-14-6-4-5-9-22-14)28(25,26)18-8-3-2-7-16(18)21/h2-3,7-8,10-11,13-14,22H,4-6,9,12H2,1H3/t14-/m1/s1. The van der Waals surface area contributed by atoms with Crippen molar-refractivity contribution in [2.45, 2.75) is 41.6 Å². The fourth-order valence-corrected chi connectivity index (χ4v) is 5.24. The second-order valence-electron chi connectivity index (χ2n) is 6.97. The van der Waals surface area contributed by atoms with Gasteiger partial charge in [-0.3, -0.25) is 0 Å². The maximum absolute atomic E-state index is 14.2. The van der Waals surface area contributed by atoms with Gasteiger partial charge in [0.05, 0.1) is 17.5 Å². The molecule has 8 heteroatoms. The van der Waals surface area contributed by atoms with Crippen LogP contribution in [0, 0.1) is 5.82 Å². The summed E-state index contributed by atoms with van der Waals surface area (Å²) in [4.78, 5) is 3.89. The van der Waals surface area contributed by atoms with E-state index in [1.54, 1.807) is 12.3 Å². The summed E-state index contributed by atoms with van der Waals surface area (Å²) >= 11 is 0. The summed E-state index contributed by atoms with van der Waals surface area (Å²) in [7, 11) is -2.52. The van der Waals surface area contributed by atoms with Crippen molar-refractivity contribution in [2.75, 3.05) is 13.7 Å². The second-order valence-corrected chi connectivity index (χ2v) is 8.86. The first-order chi connectivity index (χ1) is 13.5. The Hall–Kier alpha value is -2.45. The molecular weight excluding hydrogens is 381 g/mol. The number of hydrogen-bond acceptors (Lipinski definition) is 5. The molecule has 2 aromatic heterocycles. The van der Waals surface area contributed by atoms with Crippen LogP contribution >= 0.6 is 0 Å². The lowest BCUT2D eigenvalue weighted by molar-refractivity contribution is 0.366. The van der Waals surface area contributed by atoms with Crippen LogP contribution < -0.4 is 10.1 Å². The maximum atomic E-state index is 14.2. The normalized spacial score (nSPS) is 17.7. The molecule has 0 saturated carbocycles. The van der Waals surface area contributed by atoms with E-state index in [0.717, 1.165) is 31.9 Å². The molecule has 0 unspecified atom stereocenters. The Labute approximate surface area is 163 Å². The number of fused-ring (bicyclic) bond motifs is 1. The zero-order chi connectivity index (χ0) is 19.7. The van der Waals surface area contributed by atoms with Gasteiger partial charge in [-0.25, -0.2) is 17.8 Å². The number of benzene rings is 1. The number of pyridine rings is 1. The molecule has 6 nitrogen and oxygen atoms in total. The summed E-state index contributed by atoms with van der Waals surface area (Å²) in [5.74, 6) is -0.364. The summed E-state index contributed by atoms with van der Waals surface area (Å²) in [6.45, 7) is 1.57. The van der Waals surface area contributed by atoms with E-state index >= 15 is 0 Å². The molecule has 1 atom stereocenters. The Kier molecular flexibility index (Phi) is 5.07. The van der Waals surface area contributed by atoms with Crippen LogP contribution in [0.4, 0.5) is 4.39 Å². The minimum absolute atomic E-state index is 0.0542. The average Bonchev–Trinajstić information content (AvgIpc) is 3.07. The first-order valence-electron chi connectivity index (χ1n) is 9.26. The highest BCUT2D eigenvalue weighted by Crippen LogP contribution is 2.32. The highest BCUT2D eigenvalue weighted by molar-refractivity contribution is 7.91. The van der Waals surface area contributed by atoms with Crippen LogP contribution in [0.3, 0.4) is 0 Å². The molecule has 1 aromatic carbocycles. The van der Waals surface area contributed by atoms with E-state index in [2.05, 4.69) is 10.3 Å². The van der Waals surface area contributed by atoms with Crippen LogP contribution in [0.5, 0.6) is 5.88 Å². The number of methoxy groups -OCH3 is 1. The zero-order valence-corrected chi connectivity index (χ0v) is 16.4. The van der Waals surface area contributed by atoms with E-state index in [4.69, 9.17) is 4.74 Å². The number of hydrogen-bond donors (Lipinski definition) is 1. The molecular formula is C20H22FN3O3S. The molecule has 0 amide bonds. The molecule has 28 heavy (non-hydrogen) atoms. The van der Waals surface area contributed by atoms with Gasteiger partial charge >= 0.3 is 0 Å². The minimum atomic E-state index is -4.03. The smallest absolute Gasteiger partial charge is 0.215 e. The Morgan fingerprint density at radius 3 is 2.82 bits per heavy atom. The van der Waals surface area contributed by atoms with Crippen molar-refractivity contribution >= 4 is 20.7 Å². The zero-order valence-electron chi connectivity index (χ0n) is 15.6. The van der Waals surface area contributed by atoms with Crippen LogP contribution in [0.1, 0.15) is 19.3 Å². The molecule has 148 valence electrons. The third-order valence-electron chi connectivity index (χ3n) is 5.16. The molecule has 1 saturated heterocycles. The second kappa shape index (κ2) is 7.52. The van der Waals surface area contributed by atoms with Gasteiger partial charge in [0.25, 0.3) is 0 Å². The number of halogens is 1. The van der Waals surface area contributed by atoms with E-state index in [1.807, 2.05) is 4.57 Å². The molecule has 4 rings (SSSR count). The van der Waals surface area contributed by atoms with Crippen molar-refractivity contribution in [3.63, 3.8) is 0 Å². The molecule has 1 N–H and O–H groups in total. The SMILES string of the molecule is COc1cc2c(cn1)c(S(=O)(=O)c1ccccc1F)cn2C[C@H]1CCCCN1. The summed E-state index contributed by atoms with van der Waals surface area (Å²) in [6, 6.07) is 7.40. The lowest BCUT2D eigenvalue weighted by Crippen LogP contribution is -2.37. The molecule has 1 fully saturated rings. The van der Waals surface area contributed by atoms with Crippen molar-refractivity contribution in [3.8, 4) is 5.88 Å². The van der Waals surface area contributed by atoms with Crippen molar-refractivity contribution in [2.24, 2.45) is 0 Å². The number of piperidine rings is 1. The molecule has 0 radical (unpaired) electrons. The summed E-state index contributed by atoms with van der Waals surface area (Å²) in [5.41, 5.74) is 0.703. The van der Waals surface area contributed by atoms with Gasteiger partial charge in [-0.1, -0.05) is 18.6 Å². The first-order valence-corrected chi connectivity index (χ1v) is 10.7. The molecule has 0 aliphatic carbocycles. The van der Waals surface area contributed by atoms with Crippen LogP contribution in [0.15, 0.2) is 52.5 Å². The topological polar surface area (TPSA) is 73.2 Å². The third-order valence-corrected chi connectivity index (χ3v) is 6.97. The predicted octanol–water partition coefficient (Wildman–Crippen LogP) is 3.16. The van der Waals surface area contributed by atoms with Gasteiger partial charge in [-0.2, -0.15) is 0 Å². The van der Waals surface area contributed by atoms with E-state index in [-0.39, 0.29) is 15.8 Å². The van der Waals surface area contributed by atoms with Gasteiger partial charge in [-0.05, 0) is 31.5 Å². The van der Waals surface area contributed by atoms with Gasteiger partial charge in [0.1, 0.15) is 10.7 Å². The highest BCUT2D eigenvalue weighted by Gasteiger charge is 2.27. The Balaban J connectivity index is 1.85. The molecule has 3 heterocycles. The number of ether oxygens (including phenoxy) is 1. The molecule has 0 bridgehead atoms. The molecule has 0 spiro atoms. The van der Waals surface area contributed by atoms with Gasteiger partial charge in [0.2, 0.25) is 15.7 Å². The average molecular weight is 403 g/mol. The fourth-order valence-electron chi connectivity index (χ4n) is 3.71. The Bertz CT molecular complexity index is 1110. The van der Waals surface area contributed by atoms with E-state index in [1.165, 1.54) is 31.5 Å². The van der Waals surface area contributed by atoms with Crippen LogP contribution in [0.2, 0.25) is 0 Å². The highest BCUT2D eigenvalue weighted by atomic mass is 32.2. The number of aromatic nitrogens is 2. The number of nitrogens with zero attached hydrogens (tertiary/aromatic N) is 2. The van der Waals surface area contributed by atoms with E-state index in [0.29, 0.717) is 23.3 Å². The van der Waals surface area contributed by atoms with Crippen molar-refractivity contribution in [3.05, 3.63) is 48.5 Å². The quantitative estimate of drug-likeness (QED) is 0.708. The van der Waals surface area contributed by atoms with Gasteiger partial charge in [0, 0.05) is 36.4 Å². The summed E-state index contributed by atoms with van der Waals surface area (Å²) < 4.78 is 47.8. The van der Waals surface area contributed by atoms with E-state index in [9.17, 15) is 12.8 Å². The molecule has 1 aliphatic rings. The van der Waals surface area contributed by atoms with Gasteiger partial charge < -0.3 is 14.6 Å². The maximum Gasteiger partial charge on any atom is 0.215 e. The van der Waals surface area contributed by atoms with Gasteiger partial charge in [0.15, 0.2) is 0 Å². The minimum Gasteiger partial charge on any atom is -0.481 e. The van der Waals surface area contributed by atoms with Crippen LogP contribution in [-0.4, -0.2) is 37.7 Å². The summed E-state index contributed by atoms with van der Waals surface area (Å²) in [5, 5.41) is 3.93. The molecule has 3 aromatic rings.